The van der Waals surface area contributed by atoms with E-state index in [1.54, 1.807) is 0 Å². The Balaban J connectivity index is 2.88. The number of benzene rings is 1. The highest BCUT2D eigenvalue weighted by Crippen LogP contribution is 2.10. The maximum absolute atomic E-state index is 11.2. The highest BCUT2D eigenvalue weighted by molar-refractivity contribution is 7.85. The van der Waals surface area contributed by atoms with Crippen LogP contribution >= 0.6 is 11.6 Å². The molecule has 0 amide bonds. The Hall–Kier alpha value is -1.60. The second kappa shape index (κ2) is 5.83. The van der Waals surface area contributed by atoms with E-state index in [0.29, 0.717) is 11.1 Å². The summed E-state index contributed by atoms with van der Waals surface area (Å²) in [6.45, 7) is 0. The SMILES string of the molecule is COC(=O)c1ccc(/C(Cl)=N/OS(C)(=O)=O)cc1. The summed E-state index contributed by atoms with van der Waals surface area (Å²) in [6, 6.07) is 5.92. The summed E-state index contributed by atoms with van der Waals surface area (Å²) in [4.78, 5) is 11.2. The monoisotopic (exact) mass is 291 g/mol. The zero-order valence-corrected chi connectivity index (χ0v) is 11.2. The van der Waals surface area contributed by atoms with Gasteiger partial charge in [0, 0.05) is 5.56 Å². The first kappa shape index (κ1) is 14.5. The van der Waals surface area contributed by atoms with Gasteiger partial charge >= 0.3 is 16.1 Å². The highest BCUT2D eigenvalue weighted by atomic mass is 35.5. The molecule has 0 spiro atoms. The Morgan fingerprint density at radius 3 is 2.17 bits per heavy atom. The molecule has 98 valence electrons. The van der Waals surface area contributed by atoms with Crippen LogP contribution in [-0.2, 0) is 19.1 Å². The molecule has 0 aliphatic heterocycles. The molecule has 0 aliphatic carbocycles. The number of rotatable bonds is 4. The van der Waals surface area contributed by atoms with E-state index in [4.69, 9.17) is 11.6 Å². The number of hydrogen-bond donors (Lipinski definition) is 0. The Morgan fingerprint density at radius 2 is 1.72 bits per heavy atom. The molecule has 0 bridgehead atoms. The van der Waals surface area contributed by atoms with E-state index >= 15 is 0 Å². The molecule has 1 rings (SSSR count). The minimum Gasteiger partial charge on any atom is -0.465 e. The first-order chi connectivity index (χ1) is 8.33. The zero-order valence-electron chi connectivity index (χ0n) is 9.58. The van der Waals surface area contributed by atoms with Crippen LogP contribution in [0.5, 0.6) is 0 Å². The van der Waals surface area contributed by atoms with E-state index < -0.39 is 16.1 Å². The van der Waals surface area contributed by atoms with E-state index in [1.165, 1.54) is 31.4 Å². The van der Waals surface area contributed by atoms with Gasteiger partial charge in [-0.2, -0.15) is 8.42 Å². The molecular formula is C10H10ClNO5S. The lowest BCUT2D eigenvalue weighted by Crippen LogP contribution is -2.03. The molecule has 8 heteroatoms. The average molecular weight is 292 g/mol. The van der Waals surface area contributed by atoms with Crippen molar-refractivity contribution in [1.82, 2.24) is 0 Å². The molecular weight excluding hydrogens is 282 g/mol. The topological polar surface area (TPSA) is 82.0 Å². The Labute approximate surface area is 109 Å². The second-order valence-electron chi connectivity index (χ2n) is 3.23. The minimum atomic E-state index is -3.70. The number of nitrogens with zero attached hydrogens (tertiary/aromatic N) is 1. The van der Waals surface area contributed by atoms with Crippen LogP contribution in [0.2, 0.25) is 0 Å². The largest absolute Gasteiger partial charge is 0.465 e. The van der Waals surface area contributed by atoms with Crippen LogP contribution in [0.25, 0.3) is 0 Å². The second-order valence-corrected chi connectivity index (χ2v) is 5.15. The van der Waals surface area contributed by atoms with E-state index in [1.807, 2.05) is 0 Å². The summed E-state index contributed by atoms with van der Waals surface area (Å²) in [5.41, 5.74) is 0.753. The molecule has 0 saturated heterocycles. The van der Waals surface area contributed by atoms with Gasteiger partial charge in [0.2, 0.25) is 0 Å². The zero-order chi connectivity index (χ0) is 13.8. The van der Waals surface area contributed by atoms with E-state index in [-0.39, 0.29) is 5.17 Å². The maximum Gasteiger partial charge on any atom is 0.337 e. The van der Waals surface area contributed by atoms with Crippen LogP contribution in [0, 0.1) is 0 Å². The lowest BCUT2D eigenvalue weighted by Gasteiger charge is -2.01. The van der Waals surface area contributed by atoms with Crippen molar-refractivity contribution in [3.63, 3.8) is 0 Å². The summed E-state index contributed by atoms with van der Waals surface area (Å²) in [6.07, 6.45) is 0.848. The molecule has 0 unspecified atom stereocenters. The molecule has 0 N–H and O–H groups in total. The summed E-state index contributed by atoms with van der Waals surface area (Å²) in [5, 5.41) is 3.10. The smallest absolute Gasteiger partial charge is 0.337 e. The standard InChI is InChI=1S/C10H10ClNO5S/c1-16-10(13)8-5-3-7(4-6-8)9(11)12-17-18(2,14)15/h3-6H,1-2H3/b12-9-. The molecule has 1 aromatic carbocycles. The van der Waals surface area contributed by atoms with Gasteiger partial charge in [0.15, 0.2) is 5.17 Å². The van der Waals surface area contributed by atoms with Crippen LogP contribution < -0.4 is 0 Å². The van der Waals surface area contributed by atoms with Gasteiger partial charge in [0.05, 0.1) is 18.9 Å². The minimum absolute atomic E-state index is 0.142. The fraction of sp³-hybridized carbons (Fsp3) is 0.200. The van der Waals surface area contributed by atoms with E-state index in [9.17, 15) is 13.2 Å². The van der Waals surface area contributed by atoms with Crippen molar-refractivity contribution in [1.29, 1.82) is 0 Å². The van der Waals surface area contributed by atoms with E-state index in [2.05, 4.69) is 14.2 Å². The van der Waals surface area contributed by atoms with Gasteiger partial charge in [-0.1, -0.05) is 28.9 Å². The number of carbonyl (C=O) groups is 1. The number of ether oxygens (including phenoxy) is 1. The number of esters is 1. The van der Waals surface area contributed by atoms with Gasteiger partial charge in [-0.25, -0.2) is 4.79 Å². The highest BCUT2D eigenvalue weighted by Gasteiger charge is 2.08. The van der Waals surface area contributed by atoms with Gasteiger partial charge in [-0.15, -0.1) is 0 Å². The van der Waals surface area contributed by atoms with Crippen LogP contribution in [0.4, 0.5) is 0 Å². The molecule has 0 atom stereocenters. The Kier molecular flexibility index (Phi) is 4.69. The average Bonchev–Trinajstić information content (AvgIpc) is 2.34. The summed E-state index contributed by atoms with van der Waals surface area (Å²) < 4.78 is 30.1. The van der Waals surface area contributed by atoms with Gasteiger partial charge < -0.3 is 4.74 Å². The molecule has 6 nitrogen and oxygen atoms in total. The van der Waals surface area contributed by atoms with Gasteiger partial charge in [0.25, 0.3) is 0 Å². The molecule has 1 aromatic rings. The molecule has 0 radical (unpaired) electrons. The fourth-order valence-electron chi connectivity index (χ4n) is 1.01. The molecule has 0 saturated carbocycles. The van der Waals surface area contributed by atoms with Gasteiger partial charge in [-0.3, -0.25) is 4.28 Å². The molecule has 0 aromatic heterocycles. The van der Waals surface area contributed by atoms with Crippen LogP contribution in [-0.4, -0.2) is 32.9 Å². The number of carbonyl (C=O) groups excluding carboxylic acids is 1. The normalized spacial score (nSPS) is 12.1. The Bertz CT molecular complexity index is 564. The first-order valence-electron chi connectivity index (χ1n) is 4.64. The molecule has 0 fully saturated rings. The number of hydrogen-bond acceptors (Lipinski definition) is 6. The van der Waals surface area contributed by atoms with Crippen molar-refractivity contribution in [3.05, 3.63) is 35.4 Å². The van der Waals surface area contributed by atoms with Crippen molar-refractivity contribution in [2.45, 2.75) is 0 Å². The lowest BCUT2D eigenvalue weighted by atomic mass is 10.1. The van der Waals surface area contributed by atoms with Crippen molar-refractivity contribution in [3.8, 4) is 0 Å². The maximum atomic E-state index is 11.2. The summed E-state index contributed by atoms with van der Waals surface area (Å²) >= 11 is 5.72. The Morgan fingerprint density at radius 1 is 1.22 bits per heavy atom. The molecule has 18 heavy (non-hydrogen) atoms. The van der Waals surface area contributed by atoms with Crippen molar-refractivity contribution in [2.75, 3.05) is 13.4 Å². The third kappa shape index (κ3) is 4.34. The van der Waals surface area contributed by atoms with Gasteiger partial charge in [0.1, 0.15) is 0 Å². The van der Waals surface area contributed by atoms with Crippen molar-refractivity contribution < 1.29 is 22.2 Å². The van der Waals surface area contributed by atoms with Crippen LogP contribution in [0.1, 0.15) is 15.9 Å². The summed E-state index contributed by atoms with van der Waals surface area (Å²) in [5.74, 6) is -0.484. The van der Waals surface area contributed by atoms with Crippen molar-refractivity contribution in [2.24, 2.45) is 5.16 Å². The van der Waals surface area contributed by atoms with Crippen LogP contribution in [0.15, 0.2) is 29.4 Å². The number of oxime groups is 1. The number of methoxy groups -OCH3 is 1. The third-order valence-corrected chi connectivity index (χ3v) is 2.43. The first-order valence-corrected chi connectivity index (χ1v) is 6.84. The van der Waals surface area contributed by atoms with Gasteiger partial charge in [-0.05, 0) is 12.1 Å². The quantitative estimate of drug-likeness (QED) is 0.475. The molecule has 0 heterocycles. The predicted molar refractivity (Wildman–Crippen MR) is 66.1 cm³/mol. The third-order valence-electron chi connectivity index (χ3n) is 1.80. The van der Waals surface area contributed by atoms with Crippen LogP contribution in [0.3, 0.4) is 0 Å². The van der Waals surface area contributed by atoms with Crippen molar-refractivity contribution >= 4 is 32.9 Å². The predicted octanol–water partition coefficient (Wildman–Crippen LogP) is 1.35. The number of halogens is 1. The fourth-order valence-corrected chi connectivity index (χ4v) is 1.43. The lowest BCUT2D eigenvalue weighted by molar-refractivity contribution is 0.0600. The summed E-state index contributed by atoms with van der Waals surface area (Å²) in [7, 11) is -2.43. The van der Waals surface area contributed by atoms with E-state index in [0.717, 1.165) is 6.26 Å². The molecule has 0 aliphatic rings.